The monoisotopic (exact) mass is 377 g/mol. The van der Waals surface area contributed by atoms with Crippen LogP contribution >= 0.6 is 46.7 Å². The highest BCUT2D eigenvalue weighted by atomic mass is 35.5. The van der Waals surface area contributed by atoms with Crippen molar-refractivity contribution in [1.82, 2.24) is 15.2 Å². The van der Waals surface area contributed by atoms with E-state index in [9.17, 15) is 0 Å². The second kappa shape index (κ2) is 8.62. The smallest absolute Gasteiger partial charge is 0.0973 e. The Kier molecular flexibility index (Phi) is 7.12. The van der Waals surface area contributed by atoms with Crippen LogP contribution in [0.3, 0.4) is 0 Å². The van der Waals surface area contributed by atoms with Gasteiger partial charge in [0.15, 0.2) is 0 Å². The van der Waals surface area contributed by atoms with E-state index in [1.807, 2.05) is 5.51 Å². The molecule has 0 aliphatic carbocycles. The first kappa shape index (κ1) is 18.2. The molecule has 0 spiro atoms. The zero-order valence-corrected chi connectivity index (χ0v) is 15.8. The van der Waals surface area contributed by atoms with Gasteiger partial charge in [0.25, 0.3) is 0 Å². The zero-order chi connectivity index (χ0) is 14.7. The van der Waals surface area contributed by atoms with E-state index >= 15 is 0 Å². The predicted molar refractivity (Wildman–Crippen MR) is 98.5 cm³/mol. The lowest BCUT2D eigenvalue weighted by molar-refractivity contribution is 0.222. The van der Waals surface area contributed by atoms with Crippen LogP contribution in [0.2, 0.25) is 4.34 Å². The van der Waals surface area contributed by atoms with Crippen LogP contribution in [0.4, 0.5) is 0 Å². The molecule has 122 valence electrons. The first-order valence-electron chi connectivity index (χ1n) is 7.26. The summed E-state index contributed by atoms with van der Waals surface area (Å²) in [5.41, 5.74) is 4.35. The second-order valence-corrected chi connectivity index (χ2v) is 8.07. The lowest BCUT2D eigenvalue weighted by Crippen LogP contribution is -2.29. The highest BCUT2D eigenvalue weighted by Crippen LogP contribution is 2.26. The summed E-state index contributed by atoms with van der Waals surface area (Å²) in [6, 6.07) is 2.15. The fourth-order valence-electron chi connectivity index (χ4n) is 2.77. The zero-order valence-electron chi connectivity index (χ0n) is 12.5. The van der Waals surface area contributed by atoms with Gasteiger partial charge in [0, 0.05) is 24.5 Å². The van der Waals surface area contributed by atoms with Crippen molar-refractivity contribution in [3.63, 3.8) is 0 Å². The molecule has 1 atom stereocenters. The maximum atomic E-state index is 6.28. The molecule has 2 aromatic heterocycles. The topological polar surface area (TPSA) is 28.2 Å². The minimum absolute atomic E-state index is 0. The van der Waals surface area contributed by atoms with E-state index in [0.29, 0.717) is 0 Å². The second-order valence-electron chi connectivity index (χ2n) is 5.61. The van der Waals surface area contributed by atoms with E-state index in [1.165, 1.54) is 16.9 Å². The molecule has 7 heteroatoms. The first-order valence-corrected chi connectivity index (χ1v) is 9.40. The molecule has 2 aromatic rings. The highest BCUT2D eigenvalue weighted by Gasteiger charge is 2.20. The number of hydrogen-bond acceptors (Lipinski definition) is 5. The highest BCUT2D eigenvalue weighted by molar-refractivity contribution is 7.14. The number of hydrogen-bond donors (Lipinski definition) is 1. The summed E-state index contributed by atoms with van der Waals surface area (Å²) in [5.74, 6) is 0.746. The van der Waals surface area contributed by atoms with E-state index in [0.717, 1.165) is 48.7 Å². The molecule has 0 bridgehead atoms. The molecule has 1 aliphatic rings. The number of thiophene rings is 1. The number of nitrogens with zero attached hydrogens (tertiary/aromatic N) is 2. The van der Waals surface area contributed by atoms with Gasteiger partial charge in [-0.2, -0.15) is 0 Å². The maximum absolute atomic E-state index is 6.28. The molecule has 22 heavy (non-hydrogen) atoms. The molecule has 3 nitrogen and oxygen atoms in total. The Hall–Kier alpha value is -0.170. The van der Waals surface area contributed by atoms with Crippen molar-refractivity contribution in [1.29, 1.82) is 0 Å². The van der Waals surface area contributed by atoms with Gasteiger partial charge in [0.05, 0.1) is 15.5 Å². The quantitative estimate of drug-likeness (QED) is 0.817. The van der Waals surface area contributed by atoms with E-state index in [-0.39, 0.29) is 12.4 Å². The molecular weight excluding hydrogens is 357 g/mol. The Morgan fingerprint density at radius 2 is 2.27 bits per heavy atom. The third kappa shape index (κ3) is 4.66. The Labute approximate surface area is 151 Å². The van der Waals surface area contributed by atoms with E-state index in [4.69, 9.17) is 11.6 Å². The minimum atomic E-state index is 0. The van der Waals surface area contributed by atoms with Gasteiger partial charge in [-0.15, -0.1) is 35.1 Å². The Morgan fingerprint density at radius 1 is 1.41 bits per heavy atom. The summed E-state index contributed by atoms with van der Waals surface area (Å²) in [4.78, 5) is 8.26. The van der Waals surface area contributed by atoms with Gasteiger partial charge >= 0.3 is 0 Å². The molecule has 0 saturated carbocycles. The lowest BCUT2D eigenvalue weighted by Gasteiger charge is -2.24. The summed E-state index contributed by atoms with van der Waals surface area (Å²) < 4.78 is 0.922. The fourth-order valence-corrected chi connectivity index (χ4v) is 4.51. The molecule has 1 saturated heterocycles. The van der Waals surface area contributed by atoms with Crippen molar-refractivity contribution in [2.45, 2.75) is 26.4 Å². The lowest BCUT2D eigenvalue weighted by atomic mass is 10.1. The van der Waals surface area contributed by atoms with Crippen LogP contribution in [0, 0.1) is 12.8 Å². The fraction of sp³-hybridized carbons (Fsp3) is 0.533. The molecular formula is C15H21Cl2N3S2. The number of aryl methyl sites for hydroxylation is 1. The largest absolute Gasteiger partial charge is 0.316 e. The molecule has 0 aromatic carbocycles. The Bertz CT molecular complexity index is 537. The maximum Gasteiger partial charge on any atom is 0.0973 e. The van der Waals surface area contributed by atoms with Gasteiger partial charge < -0.3 is 5.32 Å². The van der Waals surface area contributed by atoms with Crippen molar-refractivity contribution in [3.05, 3.63) is 37.4 Å². The van der Waals surface area contributed by atoms with Crippen molar-refractivity contribution in [3.8, 4) is 0 Å². The molecule has 0 radical (unpaired) electrons. The summed E-state index contributed by atoms with van der Waals surface area (Å²) in [6.07, 6.45) is 1.27. The van der Waals surface area contributed by atoms with E-state index in [2.05, 4.69) is 33.6 Å². The number of rotatable bonds is 6. The van der Waals surface area contributed by atoms with Crippen molar-refractivity contribution >= 4 is 46.7 Å². The van der Waals surface area contributed by atoms with E-state index < -0.39 is 0 Å². The van der Waals surface area contributed by atoms with Gasteiger partial charge in [-0.1, -0.05) is 11.6 Å². The van der Waals surface area contributed by atoms with Gasteiger partial charge in [-0.3, -0.25) is 4.90 Å². The molecule has 1 fully saturated rings. The number of nitrogens with one attached hydrogen (secondary N) is 1. The third-order valence-electron chi connectivity index (χ3n) is 3.98. The predicted octanol–water partition coefficient (Wildman–Crippen LogP) is 4.20. The van der Waals surface area contributed by atoms with Crippen LogP contribution in [0.25, 0.3) is 0 Å². The summed E-state index contributed by atoms with van der Waals surface area (Å²) >= 11 is 9.65. The summed E-state index contributed by atoms with van der Waals surface area (Å²) in [7, 11) is 0. The van der Waals surface area contributed by atoms with Gasteiger partial charge in [-0.25, -0.2) is 4.98 Å². The Morgan fingerprint density at radius 3 is 2.86 bits per heavy atom. The van der Waals surface area contributed by atoms with Gasteiger partial charge in [0.2, 0.25) is 0 Å². The van der Waals surface area contributed by atoms with Crippen molar-refractivity contribution < 1.29 is 0 Å². The average Bonchev–Trinajstić information content (AvgIpc) is 3.17. The van der Waals surface area contributed by atoms with E-state index in [1.54, 1.807) is 22.7 Å². The van der Waals surface area contributed by atoms with Crippen LogP contribution in [-0.4, -0.2) is 29.5 Å². The van der Waals surface area contributed by atoms with Crippen LogP contribution in [-0.2, 0) is 13.1 Å². The third-order valence-corrected chi connectivity index (χ3v) is 6.15. The molecule has 3 heterocycles. The Balaban J connectivity index is 0.00000176. The van der Waals surface area contributed by atoms with Gasteiger partial charge in [-0.05, 0) is 49.4 Å². The van der Waals surface area contributed by atoms with Crippen LogP contribution in [0.1, 0.15) is 22.6 Å². The number of halogens is 2. The molecule has 0 amide bonds. The van der Waals surface area contributed by atoms with Gasteiger partial charge in [0.1, 0.15) is 0 Å². The molecule has 1 N–H and O–H groups in total. The standard InChI is InChI=1S/C15H20ClN3S2.ClH/c1-11-14(21-10-18-11)9-19(7-12-2-4-17-6-12)8-13-3-5-20-15(13)16;/h3,5,10,12,17H,2,4,6-9H2,1H3;1H. The van der Waals surface area contributed by atoms with Crippen LogP contribution < -0.4 is 5.32 Å². The van der Waals surface area contributed by atoms with Crippen molar-refractivity contribution in [2.24, 2.45) is 5.92 Å². The number of thiazole rings is 1. The van der Waals surface area contributed by atoms with Crippen LogP contribution in [0.15, 0.2) is 17.0 Å². The molecule has 1 unspecified atom stereocenters. The number of aromatic nitrogens is 1. The molecule has 1 aliphatic heterocycles. The average molecular weight is 378 g/mol. The van der Waals surface area contributed by atoms with Crippen LogP contribution in [0.5, 0.6) is 0 Å². The minimum Gasteiger partial charge on any atom is -0.316 e. The molecule has 3 rings (SSSR count). The first-order chi connectivity index (χ1) is 10.2. The van der Waals surface area contributed by atoms with Crippen molar-refractivity contribution in [2.75, 3.05) is 19.6 Å². The normalized spacial score (nSPS) is 17.9. The summed E-state index contributed by atoms with van der Waals surface area (Å²) in [6.45, 7) is 7.40. The summed E-state index contributed by atoms with van der Waals surface area (Å²) in [5, 5.41) is 5.53. The SMILES string of the molecule is Cc1ncsc1CN(Cc1ccsc1Cl)CC1CCNC1.Cl.